The lowest BCUT2D eigenvalue weighted by molar-refractivity contribution is -0.0699. The van der Waals surface area contributed by atoms with Gasteiger partial charge in [-0.15, -0.1) is 0 Å². The van der Waals surface area contributed by atoms with Crippen molar-refractivity contribution in [2.24, 2.45) is 5.92 Å². The number of hydrogen-bond acceptors (Lipinski definition) is 3. The van der Waals surface area contributed by atoms with Gasteiger partial charge in [0.2, 0.25) is 0 Å². The molecule has 1 aromatic rings. The van der Waals surface area contributed by atoms with Crippen LogP contribution in [0.4, 0.5) is 5.69 Å². The molecule has 0 unspecified atom stereocenters. The van der Waals surface area contributed by atoms with Crippen molar-refractivity contribution in [1.29, 1.82) is 0 Å². The van der Waals surface area contributed by atoms with Gasteiger partial charge in [-0.25, -0.2) is 0 Å². The van der Waals surface area contributed by atoms with Crippen molar-refractivity contribution >= 4 is 5.69 Å². The zero-order chi connectivity index (χ0) is 13.7. The zero-order valence-electron chi connectivity index (χ0n) is 12.2. The molecular formula is C16H25NO2. The lowest BCUT2D eigenvalue weighted by Crippen LogP contribution is -2.36. The van der Waals surface area contributed by atoms with Crippen LogP contribution in [0.25, 0.3) is 0 Å². The fourth-order valence-electron chi connectivity index (χ4n) is 2.63. The number of nitrogens with one attached hydrogen (secondary N) is 1. The first-order valence-corrected chi connectivity index (χ1v) is 7.20. The van der Waals surface area contributed by atoms with Crippen LogP contribution in [0, 0.1) is 5.92 Å². The minimum absolute atomic E-state index is 0.0312. The van der Waals surface area contributed by atoms with Gasteiger partial charge in [-0.1, -0.05) is 0 Å². The molecule has 0 radical (unpaired) electrons. The zero-order valence-corrected chi connectivity index (χ0v) is 12.2. The SMILES string of the molecule is CCOc1ccc(NC[C@H]2CCOC(C)(C)C2)cc1. The molecule has 1 aromatic carbocycles. The topological polar surface area (TPSA) is 30.5 Å². The van der Waals surface area contributed by atoms with Crippen LogP contribution in [0.3, 0.4) is 0 Å². The van der Waals surface area contributed by atoms with Gasteiger partial charge in [-0.05, 0) is 63.8 Å². The second-order valence-electron chi connectivity index (χ2n) is 5.81. The van der Waals surface area contributed by atoms with Gasteiger partial charge in [0.05, 0.1) is 12.2 Å². The molecule has 1 aliphatic heterocycles. The second kappa shape index (κ2) is 6.29. The first kappa shape index (κ1) is 14.2. The highest BCUT2D eigenvalue weighted by Gasteiger charge is 2.28. The Morgan fingerprint density at radius 2 is 2.05 bits per heavy atom. The van der Waals surface area contributed by atoms with E-state index in [1.807, 2.05) is 19.1 Å². The van der Waals surface area contributed by atoms with Gasteiger partial charge in [-0.3, -0.25) is 0 Å². The Morgan fingerprint density at radius 1 is 1.32 bits per heavy atom. The summed E-state index contributed by atoms with van der Waals surface area (Å²) in [6.07, 6.45) is 2.27. The van der Waals surface area contributed by atoms with E-state index in [4.69, 9.17) is 9.47 Å². The Bertz CT molecular complexity index is 386. The summed E-state index contributed by atoms with van der Waals surface area (Å²) in [6.45, 7) is 8.96. The van der Waals surface area contributed by atoms with E-state index in [2.05, 4.69) is 31.3 Å². The van der Waals surface area contributed by atoms with E-state index in [9.17, 15) is 0 Å². The predicted molar refractivity (Wildman–Crippen MR) is 78.9 cm³/mol. The molecule has 106 valence electrons. The molecule has 0 spiro atoms. The highest BCUT2D eigenvalue weighted by molar-refractivity contribution is 5.46. The highest BCUT2D eigenvalue weighted by Crippen LogP contribution is 2.28. The van der Waals surface area contributed by atoms with Gasteiger partial charge < -0.3 is 14.8 Å². The number of ether oxygens (including phenoxy) is 2. The lowest BCUT2D eigenvalue weighted by atomic mass is 9.88. The van der Waals surface area contributed by atoms with E-state index in [0.29, 0.717) is 12.5 Å². The van der Waals surface area contributed by atoms with Crippen LogP contribution in [0.2, 0.25) is 0 Å². The summed E-state index contributed by atoms with van der Waals surface area (Å²) in [4.78, 5) is 0. The van der Waals surface area contributed by atoms with Gasteiger partial charge in [0.1, 0.15) is 5.75 Å². The van der Waals surface area contributed by atoms with Crippen LogP contribution in [-0.2, 0) is 4.74 Å². The average Bonchev–Trinajstić information content (AvgIpc) is 2.37. The molecule has 0 amide bonds. The second-order valence-corrected chi connectivity index (χ2v) is 5.81. The minimum Gasteiger partial charge on any atom is -0.494 e. The Balaban J connectivity index is 1.81. The van der Waals surface area contributed by atoms with Crippen molar-refractivity contribution in [1.82, 2.24) is 0 Å². The standard InChI is InChI=1S/C16H25NO2/c1-4-18-15-7-5-14(6-8-15)17-12-13-9-10-19-16(2,3)11-13/h5-8,13,17H,4,9-12H2,1-3H3/t13-/m0/s1. The monoisotopic (exact) mass is 263 g/mol. The first-order chi connectivity index (χ1) is 9.09. The molecule has 2 rings (SSSR count). The Labute approximate surface area is 116 Å². The summed E-state index contributed by atoms with van der Waals surface area (Å²) in [5.74, 6) is 1.62. The van der Waals surface area contributed by atoms with Gasteiger partial charge in [0, 0.05) is 18.8 Å². The molecular weight excluding hydrogens is 238 g/mol. The van der Waals surface area contributed by atoms with E-state index >= 15 is 0 Å². The fourth-order valence-corrected chi connectivity index (χ4v) is 2.63. The highest BCUT2D eigenvalue weighted by atomic mass is 16.5. The maximum absolute atomic E-state index is 5.75. The van der Waals surface area contributed by atoms with Crippen molar-refractivity contribution < 1.29 is 9.47 Å². The van der Waals surface area contributed by atoms with Crippen LogP contribution in [0.1, 0.15) is 33.6 Å². The molecule has 1 saturated heterocycles. The molecule has 0 aliphatic carbocycles. The van der Waals surface area contributed by atoms with Crippen LogP contribution in [-0.4, -0.2) is 25.4 Å². The average molecular weight is 263 g/mol. The van der Waals surface area contributed by atoms with Crippen molar-refractivity contribution in [3.8, 4) is 5.75 Å². The van der Waals surface area contributed by atoms with Crippen molar-refractivity contribution in [3.63, 3.8) is 0 Å². The Morgan fingerprint density at radius 3 is 2.68 bits per heavy atom. The summed E-state index contributed by atoms with van der Waals surface area (Å²) < 4.78 is 11.2. The number of anilines is 1. The smallest absolute Gasteiger partial charge is 0.119 e. The molecule has 1 aliphatic rings. The number of rotatable bonds is 5. The third-order valence-electron chi connectivity index (χ3n) is 3.56. The van der Waals surface area contributed by atoms with Crippen molar-refractivity contribution in [2.75, 3.05) is 25.1 Å². The predicted octanol–water partition coefficient (Wildman–Crippen LogP) is 3.70. The molecule has 19 heavy (non-hydrogen) atoms. The molecule has 1 atom stereocenters. The van der Waals surface area contributed by atoms with Crippen LogP contribution in [0.15, 0.2) is 24.3 Å². The van der Waals surface area contributed by atoms with Crippen LogP contribution in [0.5, 0.6) is 5.75 Å². The first-order valence-electron chi connectivity index (χ1n) is 7.20. The summed E-state index contributed by atoms with van der Waals surface area (Å²) in [5, 5.41) is 3.51. The third-order valence-corrected chi connectivity index (χ3v) is 3.56. The summed E-state index contributed by atoms with van der Waals surface area (Å²) in [7, 11) is 0. The molecule has 3 heteroatoms. The summed E-state index contributed by atoms with van der Waals surface area (Å²) in [6, 6.07) is 8.18. The number of hydrogen-bond donors (Lipinski definition) is 1. The maximum Gasteiger partial charge on any atom is 0.119 e. The van der Waals surface area contributed by atoms with E-state index < -0.39 is 0 Å². The molecule has 0 saturated carbocycles. The van der Waals surface area contributed by atoms with E-state index in [1.54, 1.807) is 0 Å². The van der Waals surface area contributed by atoms with Crippen LogP contribution < -0.4 is 10.1 Å². The largest absolute Gasteiger partial charge is 0.494 e. The van der Waals surface area contributed by atoms with E-state index in [0.717, 1.165) is 37.4 Å². The van der Waals surface area contributed by atoms with Crippen molar-refractivity contribution in [3.05, 3.63) is 24.3 Å². The molecule has 1 N–H and O–H groups in total. The molecule has 3 nitrogen and oxygen atoms in total. The quantitative estimate of drug-likeness (QED) is 0.878. The Hall–Kier alpha value is -1.22. The molecule has 1 heterocycles. The van der Waals surface area contributed by atoms with Gasteiger partial charge in [-0.2, -0.15) is 0 Å². The van der Waals surface area contributed by atoms with Crippen LogP contribution >= 0.6 is 0 Å². The van der Waals surface area contributed by atoms with Crippen molar-refractivity contribution in [2.45, 2.75) is 39.2 Å². The summed E-state index contributed by atoms with van der Waals surface area (Å²) in [5.41, 5.74) is 1.19. The van der Waals surface area contributed by atoms with E-state index in [-0.39, 0.29) is 5.60 Å². The van der Waals surface area contributed by atoms with E-state index in [1.165, 1.54) is 0 Å². The Kier molecular flexibility index (Phi) is 4.70. The maximum atomic E-state index is 5.75. The fraction of sp³-hybridized carbons (Fsp3) is 0.625. The minimum atomic E-state index is 0.0312. The summed E-state index contributed by atoms with van der Waals surface area (Å²) >= 11 is 0. The number of benzene rings is 1. The van der Waals surface area contributed by atoms with Gasteiger partial charge >= 0.3 is 0 Å². The molecule has 0 bridgehead atoms. The molecule has 0 aromatic heterocycles. The van der Waals surface area contributed by atoms with Gasteiger partial charge in [0.25, 0.3) is 0 Å². The van der Waals surface area contributed by atoms with Gasteiger partial charge in [0.15, 0.2) is 0 Å². The molecule has 1 fully saturated rings. The third kappa shape index (κ3) is 4.43. The normalized spacial score (nSPS) is 21.9. The lowest BCUT2D eigenvalue weighted by Gasteiger charge is -2.35.